The summed E-state index contributed by atoms with van der Waals surface area (Å²) in [4.78, 5) is 31.4. The van der Waals surface area contributed by atoms with E-state index >= 15 is 0 Å². The Morgan fingerprint density at radius 2 is 2.12 bits per heavy atom. The van der Waals surface area contributed by atoms with Crippen LogP contribution in [-0.4, -0.2) is 27.7 Å². The van der Waals surface area contributed by atoms with Gasteiger partial charge in [0.2, 0.25) is 5.91 Å². The molecule has 3 N–H and O–H groups in total. The number of nitro benzene ring substituents is 1. The second kappa shape index (κ2) is 5.30. The fraction of sp³-hybridized carbons (Fsp3) is 0.111. The fourth-order valence-electron chi connectivity index (χ4n) is 1.07. The van der Waals surface area contributed by atoms with Crippen molar-refractivity contribution in [3.63, 3.8) is 0 Å². The molecule has 0 radical (unpaired) electrons. The molecule has 0 aromatic heterocycles. The first-order valence-electron chi connectivity index (χ1n) is 4.34. The van der Waals surface area contributed by atoms with Crippen LogP contribution in [0.15, 0.2) is 23.1 Å². The van der Waals surface area contributed by atoms with Crippen molar-refractivity contribution in [2.24, 2.45) is 5.73 Å². The maximum atomic E-state index is 10.9. The molecular weight excluding hydrogens is 248 g/mol. The number of nitrogens with two attached hydrogens (primary N) is 1. The lowest BCUT2D eigenvalue weighted by molar-refractivity contribution is -0.387. The van der Waals surface area contributed by atoms with E-state index in [1.807, 2.05) is 0 Å². The van der Waals surface area contributed by atoms with E-state index in [0.29, 0.717) is 0 Å². The Bertz CT molecular complexity index is 488. The fourth-order valence-corrected chi connectivity index (χ4v) is 1.85. The average molecular weight is 256 g/mol. The number of carboxylic acid groups (broad SMARTS) is 1. The molecule has 0 heterocycles. The van der Waals surface area contributed by atoms with Crippen LogP contribution in [0.1, 0.15) is 10.4 Å². The zero-order valence-corrected chi connectivity index (χ0v) is 9.27. The van der Waals surface area contributed by atoms with Gasteiger partial charge in [-0.05, 0) is 12.1 Å². The first kappa shape index (κ1) is 13.0. The van der Waals surface area contributed by atoms with Crippen molar-refractivity contribution in [3.05, 3.63) is 33.9 Å². The standard InChI is InChI=1S/C9H8N2O5S/c10-9(14)5-1-2-6(11(15)16)7(3-5)17-4-8(12)13/h1-3H,4H2,(H2,10,14)(H,12,13). The number of hydrogen-bond acceptors (Lipinski definition) is 5. The Morgan fingerprint density at radius 3 is 2.59 bits per heavy atom. The van der Waals surface area contributed by atoms with E-state index in [2.05, 4.69) is 0 Å². The summed E-state index contributed by atoms with van der Waals surface area (Å²) in [6, 6.07) is 3.57. The quantitative estimate of drug-likeness (QED) is 0.457. The third-order valence-electron chi connectivity index (χ3n) is 1.79. The number of thioether (sulfide) groups is 1. The highest BCUT2D eigenvalue weighted by Gasteiger charge is 2.17. The number of amides is 1. The molecule has 0 saturated carbocycles. The molecule has 0 atom stereocenters. The van der Waals surface area contributed by atoms with Crippen molar-refractivity contribution >= 4 is 29.3 Å². The number of primary amides is 1. The van der Waals surface area contributed by atoms with E-state index in [-0.39, 0.29) is 21.9 Å². The monoisotopic (exact) mass is 256 g/mol. The van der Waals surface area contributed by atoms with Gasteiger partial charge in [-0.3, -0.25) is 19.7 Å². The number of carboxylic acids is 1. The van der Waals surface area contributed by atoms with Crippen LogP contribution < -0.4 is 5.73 Å². The van der Waals surface area contributed by atoms with Crippen LogP contribution in [0.3, 0.4) is 0 Å². The summed E-state index contributed by atoms with van der Waals surface area (Å²) in [5.41, 5.74) is 4.88. The minimum atomic E-state index is -1.10. The lowest BCUT2D eigenvalue weighted by atomic mass is 10.2. The normalized spacial score (nSPS) is 9.88. The van der Waals surface area contributed by atoms with Gasteiger partial charge in [0.25, 0.3) is 5.69 Å². The van der Waals surface area contributed by atoms with Gasteiger partial charge in [-0.2, -0.15) is 0 Å². The number of carbonyl (C=O) groups excluding carboxylic acids is 1. The summed E-state index contributed by atoms with van der Waals surface area (Å²) in [6.07, 6.45) is 0. The molecule has 1 rings (SSSR count). The van der Waals surface area contributed by atoms with Gasteiger partial charge in [0, 0.05) is 11.6 Å². The van der Waals surface area contributed by atoms with E-state index in [4.69, 9.17) is 10.8 Å². The molecule has 0 bridgehead atoms. The highest BCUT2D eigenvalue weighted by atomic mass is 32.2. The van der Waals surface area contributed by atoms with Crippen molar-refractivity contribution in [2.45, 2.75) is 4.90 Å². The van der Waals surface area contributed by atoms with E-state index in [1.165, 1.54) is 12.1 Å². The summed E-state index contributed by atoms with van der Waals surface area (Å²) >= 11 is 0.766. The number of carbonyl (C=O) groups is 2. The minimum Gasteiger partial charge on any atom is -0.481 e. The second-order valence-electron chi connectivity index (χ2n) is 2.99. The first-order chi connectivity index (χ1) is 7.91. The number of aliphatic carboxylic acids is 1. The molecule has 0 aliphatic heterocycles. The van der Waals surface area contributed by atoms with Crippen LogP contribution in [0, 0.1) is 10.1 Å². The zero-order chi connectivity index (χ0) is 13.0. The molecule has 0 fully saturated rings. The summed E-state index contributed by atoms with van der Waals surface area (Å²) in [5, 5.41) is 19.2. The lowest BCUT2D eigenvalue weighted by Gasteiger charge is -2.02. The van der Waals surface area contributed by atoms with E-state index in [9.17, 15) is 19.7 Å². The predicted octanol–water partition coefficient (Wildman–Crippen LogP) is 0.870. The highest BCUT2D eigenvalue weighted by molar-refractivity contribution is 8.00. The molecule has 7 nitrogen and oxygen atoms in total. The van der Waals surface area contributed by atoms with Crippen molar-refractivity contribution in [2.75, 3.05) is 5.75 Å². The Morgan fingerprint density at radius 1 is 1.47 bits per heavy atom. The van der Waals surface area contributed by atoms with Gasteiger partial charge in [0.1, 0.15) is 0 Å². The van der Waals surface area contributed by atoms with E-state index < -0.39 is 16.8 Å². The summed E-state index contributed by atoms with van der Waals surface area (Å²) in [5.74, 6) is -2.16. The van der Waals surface area contributed by atoms with Gasteiger partial charge in [-0.25, -0.2) is 0 Å². The van der Waals surface area contributed by atoms with Gasteiger partial charge in [-0.15, -0.1) is 11.8 Å². The van der Waals surface area contributed by atoms with Gasteiger partial charge in [0.15, 0.2) is 0 Å². The van der Waals surface area contributed by atoms with Crippen LogP contribution in [0.5, 0.6) is 0 Å². The van der Waals surface area contributed by atoms with Crippen LogP contribution in [0.2, 0.25) is 0 Å². The molecule has 8 heteroatoms. The molecule has 0 unspecified atom stereocenters. The number of hydrogen-bond donors (Lipinski definition) is 2. The zero-order valence-electron chi connectivity index (χ0n) is 8.45. The molecule has 1 aromatic rings. The Kier molecular flexibility index (Phi) is 4.05. The van der Waals surface area contributed by atoms with E-state index in [0.717, 1.165) is 17.8 Å². The molecule has 17 heavy (non-hydrogen) atoms. The number of nitrogens with zero attached hydrogens (tertiary/aromatic N) is 1. The third kappa shape index (κ3) is 3.45. The van der Waals surface area contributed by atoms with Crippen LogP contribution >= 0.6 is 11.8 Å². The molecule has 0 spiro atoms. The topological polar surface area (TPSA) is 124 Å². The maximum absolute atomic E-state index is 10.9. The SMILES string of the molecule is NC(=O)c1ccc([N+](=O)[O-])c(SCC(=O)O)c1. The first-order valence-corrected chi connectivity index (χ1v) is 5.33. The Hall–Kier alpha value is -2.09. The Balaban J connectivity index is 3.11. The number of benzene rings is 1. The smallest absolute Gasteiger partial charge is 0.313 e. The van der Waals surface area contributed by atoms with Crippen LogP contribution in [0.4, 0.5) is 5.69 Å². The number of nitro groups is 1. The molecule has 0 aliphatic rings. The Labute approximate surface area is 99.8 Å². The molecule has 90 valence electrons. The van der Waals surface area contributed by atoms with Gasteiger partial charge >= 0.3 is 5.97 Å². The number of rotatable bonds is 5. The van der Waals surface area contributed by atoms with Crippen molar-refractivity contribution < 1.29 is 19.6 Å². The highest BCUT2D eigenvalue weighted by Crippen LogP contribution is 2.29. The molecule has 1 amide bonds. The van der Waals surface area contributed by atoms with Crippen LogP contribution in [0.25, 0.3) is 0 Å². The van der Waals surface area contributed by atoms with Crippen molar-refractivity contribution in [1.29, 1.82) is 0 Å². The van der Waals surface area contributed by atoms with Gasteiger partial charge < -0.3 is 10.8 Å². The lowest BCUT2D eigenvalue weighted by Crippen LogP contribution is -2.11. The summed E-state index contributed by atoms with van der Waals surface area (Å²) in [7, 11) is 0. The minimum absolute atomic E-state index is 0.100. The average Bonchev–Trinajstić information content (AvgIpc) is 2.25. The van der Waals surface area contributed by atoms with Gasteiger partial charge in [-0.1, -0.05) is 0 Å². The molecule has 1 aromatic carbocycles. The molecular formula is C9H8N2O5S. The molecule has 0 aliphatic carbocycles. The second-order valence-corrected chi connectivity index (χ2v) is 4.00. The largest absolute Gasteiger partial charge is 0.481 e. The predicted molar refractivity (Wildman–Crippen MR) is 60.0 cm³/mol. The van der Waals surface area contributed by atoms with Crippen molar-refractivity contribution in [1.82, 2.24) is 0 Å². The molecule has 0 saturated heterocycles. The third-order valence-corrected chi connectivity index (χ3v) is 2.82. The maximum Gasteiger partial charge on any atom is 0.313 e. The van der Waals surface area contributed by atoms with Crippen molar-refractivity contribution in [3.8, 4) is 0 Å². The van der Waals surface area contributed by atoms with Crippen LogP contribution in [-0.2, 0) is 4.79 Å². The summed E-state index contributed by atoms with van der Waals surface area (Å²) < 4.78 is 0. The van der Waals surface area contributed by atoms with Gasteiger partial charge in [0.05, 0.1) is 15.6 Å². The van der Waals surface area contributed by atoms with E-state index in [1.54, 1.807) is 0 Å². The summed E-state index contributed by atoms with van der Waals surface area (Å²) in [6.45, 7) is 0.